The van der Waals surface area contributed by atoms with Crippen LogP contribution in [-0.4, -0.2) is 7.11 Å². The molecular formula is C10H7NOS2. The van der Waals surface area contributed by atoms with Crippen LogP contribution in [0.3, 0.4) is 0 Å². The van der Waals surface area contributed by atoms with E-state index in [4.69, 9.17) is 10.00 Å². The number of fused-ring (bicyclic) bond motifs is 1. The Hall–Kier alpha value is -1.18. The lowest BCUT2D eigenvalue weighted by Crippen LogP contribution is -1.87. The van der Waals surface area contributed by atoms with E-state index in [0.29, 0.717) is 11.3 Å². The normalized spacial score (nSPS) is 10.1. The van der Waals surface area contributed by atoms with Gasteiger partial charge in [0.05, 0.1) is 11.8 Å². The molecule has 2 nitrogen and oxygen atoms in total. The van der Waals surface area contributed by atoms with Crippen molar-refractivity contribution in [3.05, 3.63) is 23.1 Å². The highest BCUT2D eigenvalue weighted by molar-refractivity contribution is 7.80. The summed E-state index contributed by atoms with van der Waals surface area (Å²) in [4.78, 5) is 0.907. The average Bonchev–Trinajstić information content (AvgIpc) is 2.59. The van der Waals surface area contributed by atoms with Gasteiger partial charge >= 0.3 is 0 Å². The van der Waals surface area contributed by atoms with Crippen LogP contribution in [0.2, 0.25) is 0 Å². The maximum absolute atomic E-state index is 9.01. The molecule has 1 aromatic carbocycles. The van der Waals surface area contributed by atoms with Crippen molar-refractivity contribution in [2.45, 2.75) is 4.90 Å². The summed E-state index contributed by atoms with van der Waals surface area (Å²) in [5.41, 5.74) is 0.593. The highest BCUT2D eigenvalue weighted by Crippen LogP contribution is 2.35. The van der Waals surface area contributed by atoms with Crippen LogP contribution in [0.25, 0.3) is 10.1 Å². The second-order valence-electron chi connectivity index (χ2n) is 2.75. The van der Waals surface area contributed by atoms with E-state index in [-0.39, 0.29) is 0 Å². The molecule has 0 aliphatic carbocycles. The molecule has 0 fully saturated rings. The van der Waals surface area contributed by atoms with Gasteiger partial charge in [-0.15, -0.1) is 24.0 Å². The fourth-order valence-corrected chi connectivity index (χ4v) is 2.69. The van der Waals surface area contributed by atoms with E-state index >= 15 is 0 Å². The van der Waals surface area contributed by atoms with Crippen molar-refractivity contribution in [2.24, 2.45) is 0 Å². The van der Waals surface area contributed by atoms with Crippen LogP contribution >= 0.6 is 24.0 Å². The molecule has 0 saturated heterocycles. The molecule has 0 unspecified atom stereocenters. The predicted molar refractivity (Wildman–Crippen MR) is 60.3 cm³/mol. The molecule has 4 heteroatoms. The molecule has 0 atom stereocenters. The largest absolute Gasteiger partial charge is 0.495 e. The van der Waals surface area contributed by atoms with Crippen molar-refractivity contribution in [1.29, 1.82) is 5.26 Å². The predicted octanol–water partition coefficient (Wildman–Crippen LogP) is 3.07. The number of benzene rings is 1. The maximum Gasteiger partial charge on any atom is 0.138 e. The molecule has 2 aromatic rings. The van der Waals surface area contributed by atoms with E-state index in [2.05, 4.69) is 18.7 Å². The van der Waals surface area contributed by atoms with Crippen molar-refractivity contribution in [2.75, 3.05) is 7.11 Å². The number of methoxy groups -OCH3 is 1. The first-order valence-electron chi connectivity index (χ1n) is 3.95. The van der Waals surface area contributed by atoms with Crippen molar-refractivity contribution >= 4 is 34.1 Å². The van der Waals surface area contributed by atoms with Crippen molar-refractivity contribution < 1.29 is 4.74 Å². The molecule has 0 amide bonds. The molecule has 0 saturated carbocycles. The van der Waals surface area contributed by atoms with E-state index in [1.807, 2.05) is 11.4 Å². The molecule has 2 rings (SSSR count). The van der Waals surface area contributed by atoms with Gasteiger partial charge in [0, 0.05) is 15.7 Å². The minimum Gasteiger partial charge on any atom is -0.495 e. The zero-order valence-corrected chi connectivity index (χ0v) is 9.15. The van der Waals surface area contributed by atoms with Gasteiger partial charge in [0.15, 0.2) is 0 Å². The molecule has 14 heavy (non-hydrogen) atoms. The quantitative estimate of drug-likeness (QED) is 0.751. The third kappa shape index (κ3) is 1.26. The SMILES string of the molecule is COc1ccc2c(S)csc2c1C#N. The van der Waals surface area contributed by atoms with Crippen LogP contribution in [0, 0.1) is 11.3 Å². The molecule has 0 bridgehead atoms. The third-order valence-corrected chi connectivity index (χ3v) is 3.57. The zero-order valence-electron chi connectivity index (χ0n) is 7.44. The first-order chi connectivity index (χ1) is 6.77. The number of ether oxygens (including phenoxy) is 1. The smallest absolute Gasteiger partial charge is 0.138 e. The van der Waals surface area contributed by atoms with E-state index in [1.165, 1.54) is 11.3 Å². The van der Waals surface area contributed by atoms with Crippen LogP contribution in [0.15, 0.2) is 22.4 Å². The van der Waals surface area contributed by atoms with Gasteiger partial charge in [-0.1, -0.05) is 0 Å². The van der Waals surface area contributed by atoms with E-state index in [0.717, 1.165) is 15.0 Å². The molecule has 0 spiro atoms. The number of hydrogen-bond acceptors (Lipinski definition) is 4. The average molecular weight is 221 g/mol. The Kier molecular flexibility index (Phi) is 2.36. The first kappa shape index (κ1) is 9.38. The standard InChI is InChI=1S/C10H7NOS2/c1-12-8-3-2-6-9(13)5-14-10(6)7(8)4-11/h2-3,5,13H,1H3. The van der Waals surface area contributed by atoms with Gasteiger partial charge in [-0.2, -0.15) is 5.26 Å². The number of nitrogens with zero attached hydrogens (tertiary/aromatic N) is 1. The lowest BCUT2D eigenvalue weighted by atomic mass is 10.1. The van der Waals surface area contributed by atoms with Gasteiger partial charge < -0.3 is 4.74 Å². The Labute approximate surface area is 91.1 Å². The minimum absolute atomic E-state index is 0.593. The monoisotopic (exact) mass is 221 g/mol. The summed E-state index contributed by atoms with van der Waals surface area (Å²) in [6.45, 7) is 0. The fraction of sp³-hybridized carbons (Fsp3) is 0.100. The van der Waals surface area contributed by atoms with E-state index in [9.17, 15) is 0 Å². The lowest BCUT2D eigenvalue weighted by molar-refractivity contribution is 0.414. The minimum atomic E-state index is 0.593. The Balaban J connectivity index is 2.86. The molecule has 1 heterocycles. The summed E-state index contributed by atoms with van der Waals surface area (Å²) < 4.78 is 6.05. The van der Waals surface area contributed by atoms with Crippen LogP contribution < -0.4 is 4.74 Å². The zero-order chi connectivity index (χ0) is 10.1. The van der Waals surface area contributed by atoms with Crippen molar-refractivity contribution in [1.82, 2.24) is 0 Å². The van der Waals surface area contributed by atoms with Crippen molar-refractivity contribution in [3.8, 4) is 11.8 Å². The number of rotatable bonds is 1. The molecule has 1 aromatic heterocycles. The van der Waals surface area contributed by atoms with Crippen molar-refractivity contribution in [3.63, 3.8) is 0 Å². The van der Waals surface area contributed by atoms with Gasteiger partial charge in [-0.05, 0) is 12.1 Å². The van der Waals surface area contributed by atoms with Gasteiger partial charge in [0.1, 0.15) is 17.4 Å². The second-order valence-corrected chi connectivity index (χ2v) is 4.11. The molecule has 70 valence electrons. The maximum atomic E-state index is 9.01. The van der Waals surface area contributed by atoms with Gasteiger partial charge in [0.2, 0.25) is 0 Å². The molecule has 0 N–H and O–H groups in total. The lowest BCUT2D eigenvalue weighted by Gasteiger charge is -2.02. The highest BCUT2D eigenvalue weighted by Gasteiger charge is 2.10. The Morgan fingerprint density at radius 1 is 1.50 bits per heavy atom. The first-order valence-corrected chi connectivity index (χ1v) is 5.28. The summed E-state index contributed by atoms with van der Waals surface area (Å²) in [5.74, 6) is 0.621. The molecule has 0 aliphatic heterocycles. The summed E-state index contributed by atoms with van der Waals surface area (Å²) in [6.07, 6.45) is 0. The second kappa shape index (κ2) is 3.52. The van der Waals surface area contributed by atoms with Gasteiger partial charge in [-0.3, -0.25) is 0 Å². The van der Waals surface area contributed by atoms with Gasteiger partial charge in [-0.25, -0.2) is 0 Å². The van der Waals surface area contributed by atoms with Crippen LogP contribution in [-0.2, 0) is 0 Å². The molecule has 0 aliphatic rings. The fourth-order valence-electron chi connectivity index (χ4n) is 1.34. The Bertz CT molecular complexity index is 525. The number of thiophene rings is 1. The summed E-state index contributed by atoms with van der Waals surface area (Å²) in [6, 6.07) is 5.88. The van der Waals surface area contributed by atoms with Crippen LogP contribution in [0.4, 0.5) is 0 Å². The summed E-state index contributed by atoms with van der Waals surface area (Å²) >= 11 is 5.83. The van der Waals surface area contributed by atoms with E-state index in [1.54, 1.807) is 13.2 Å². The van der Waals surface area contributed by atoms with Gasteiger partial charge in [0.25, 0.3) is 0 Å². The van der Waals surface area contributed by atoms with Crippen LogP contribution in [0.1, 0.15) is 5.56 Å². The Morgan fingerprint density at radius 2 is 2.29 bits per heavy atom. The Morgan fingerprint density at radius 3 is 2.93 bits per heavy atom. The summed E-state index contributed by atoms with van der Waals surface area (Å²) in [5, 5.41) is 11.9. The third-order valence-electron chi connectivity index (χ3n) is 2.02. The topological polar surface area (TPSA) is 33.0 Å². The van der Waals surface area contributed by atoms with Crippen LogP contribution in [0.5, 0.6) is 5.75 Å². The number of nitriles is 1. The highest BCUT2D eigenvalue weighted by atomic mass is 32.1. The summed E-state index contributed by atoms with van der Waals surface area (Å²) in [7, 11) is 1.57. The number of thiol groups is 1. The van der Waals surface area contributed by atoms with E-state index < -0.39 is 0 Å². The number of hydrogen-bond donors (Lipinski definition) is 1. The molecule has 0 radical (unpaired) electrons. The molecular weight excluding hydrogens is 214 g/mol.